The van der Waals surface area contributed by atoms with Gasteiger partial charge >= 0.3 is 5.69 Å². The molecule has 4 aromatic rings. The van der Waals surface area contributed by atoms with Crippen molar-refractivity contribution in [2.75, 3.05) is 0 Å². The lowest BCUT2D eigenvalue weighted by molar-refractivity contribution is 0.549. The van der Waals surface area contributed by atoms with Gasteiger partial charge in [0.05, 0.1) is 12.2 Å². The zero-order chi connectivity index (χ0) is 21.5. The Labute approximate surface area is 181 Å². The second-order valence-electron chi connectivity index (χ2n) is 7.65. The van der Waals surface area contributed by atoms with E-state index in [1.54, 1.807) is 9.13 Å². The molecule has 0 radical (unpaired) electrons. The van der Waals surface area contributed by atoms with Crippen LogP contribution in [0.4, 0.5) is 0 Å². The molecule has 0 saturated carbocycles. The van der Waals surface area contributed by atoms with Gasteiger partial charge in [0.1, 0.15) is 0 Å². The number of pyridine rings is 1. The van der Waals surface area contributed by atoms with Crippen LogP contribution in [0.3, 0.4) is 0 Å². The summed E-state index contributed by atoms with van der Waals surface area (Å²) in [7, 11) is 0. The molecule has 8 nitrogen and oxygen atoms in total. The number of unbranched alkanes of at least 4 members (excludes halogenated alkanes) is 4. The van der Waals surface area contributed by atoms with Gasteiger partial charge in [0, 0.05) is 36.3 Å². The summed E-state index contributed by atoms with van der Waals surface area (Å²) in [5.41, 5.74) is 3.73. The molecule has 0 saturated heterocycles. The van der Waals surface area contributed by atoms with Crippen LogP contribution in [0, 0.1) is 0 Å². The maximum atomic E-state index is 12.6. The van der Waals surface area contributed by atoms with Gasteiger partial charge in [-0.15, -0.1) is 5.10 Å². The van der Waals surface area contributed by atoms with Crippen molar-refractivity contribution in [3.05, 3.63) is 71.2 Å². The van der Waals surface area contributed by atoms with Gasteiger partial charge in [0.15, 0.2) is 5.82 Å². The first-order chi connectivity index (χ1) is 15.3. The molecule has 0 aliphatic carbocycles. The predicted octanol–water partition coefficient (Wildman–Crippen LogP) is 3.91. The van der Waals surface area contributed by atoms with E-state index in [1.807, 2.05) is 55.0 Å². The lowest BCUT2D eigenvalue weighted by Crippen LogP contribution is -2.24. The topological polar surface area (TPSA) is 94.3 Å². The van der Waals surface area contributed by atoms with Crippen LogP contribution < -0.4 is 5.69 Å². The van der Waals surface area contributed by atoms with Crippen molar-refractivity contribution >= 4 is 0 Å². The van der Waals surface area contributed by atoms with E-state index < -0.39 is 0 Å². The van der Waals surface area contributed by atoms with Crippen molar-refractivity contribution in [2.24, 2.45) is 0 Å². The molecule has 31 heavy (non-hydrogen) atoms. The van der Waals surface area contributed by atoms with E-state index in [9.17, 15) is 4.79 Å². The summed E-state index contributed by atoms with van der Waals surface area (Å²) in [6, 6.07) is 11.9. The number of aromatic amines is 1. The van der Waals surface area contributed by atoms with Crippen molar-refractivity contribution in [1.82, 2.24) is 34.7 Å². The molecule has 1 aromatic carbocycles. The summed E-state index contributed by atoms with van der Waals surface area (Å²) < 4.78 is 3.50. The summed E-state index contributed by atoms with van der Waals surface area (Å²) in [6.45, 7) is 3.43. The summed E-state index contributed by atoms with van der Waals surface area (Å²) in [6.07, 6.45) is 11.5. The summed E-state index contributed by atoms with van der Waals surface area (Å²) in [5.74, 6) is 0.613. The van der Waals surface area contributed by atoms with E-state index in [-0.39, 0.29) is 5.69 Å². The third kappa shape index (κ3) is 4.96. The Morgan fingerprint density at radius 2 is 1.74 bits per heavy atom. The van der Waals surface area contributed by atoms with Gasteiger partial charge in [-0.25, -0.2) is 9.89 Å². The molecule has 160 valence electrons. The lowest BCUT2D eigenvalue weighted by atomic mass is 10.0. The van der Waals surface area contributed by atoms with Crippen molar-refractivity contribution in [3.8, 4) is 22.5 Å². The first-order valence-corrected chi connectivity index (χ1v) is 10.8. The van der Waals surface area contributed by atoms with E-state index in [2.05, 4.69) is 32.5 Å². The first kappa shape index (κ1) is 20.7. The molecule has 0 bridgehead atoms. The number of benzene rings is 1. The highest BCUT2D eigenvalue weighted by Crippen LogP contribution is 2.29. The molecule has 4 rings (SSSR count). The van der Waals surface area contributed by atoms with E-state index in [0.29, 0.717) is 12.4 Å². The minimum absolute atomic E-state index is 0.0181. The molecule has 8 heteroatoms. The van der Waals surface area contributed by atoms with Crippen LogP contribution in [-0.4, -0.2) is 34.7 Å². The van der Waals surface area contributed by atoms with Crippen molar-refractivity contribution < 1.29 is 0 Å². The predicted molar refractivity (Wildman–Crippen MR) is 119 cm³/mol. The SMILES string of the molecule is CCCCCCCn1ccn(Cc2ccc(-c3ccccc3-c3nnn[nH]3)cn2)c1=O. The van der Waals surface area contributed by atoms with Gasteiger partial charge in [0.25, 0.3) is 0 Å². The normalized spacial score (nSPS) is 11.1. The van der Waals surface area contributed by atoms with Crippen LogP contribution in [0.25, 0.3) is 22.5 Å². The number of hydrogen-bond donors (Lipinski definition) is 1. The molecule has 0 fully saturated rings. The maximum Gasteiger partial charge on any atom is 0.328 e. The minimum atomic E-state index is 0.0181. The number of nitrogens with one attached hydrogen (secondary N) is 1. The molecular weight excluding hydrogens is 390 g/mol. The van der Waals surface area contributed by atoms with E-state index >= 15 is 0 Å². The number of aryl methyl sites for hydroxylation is 1. The Morgan fingerprint density at radius 1 is 0.935 bits per heavy atom. The Bertz CT molecular complexity index is 1140. The molecule has 0 aliphatic rings. The molecule has 0 atom stereocenters. The average Bonchev–Trinajstić information content (AvgIpc) is 3.46. The zero-order valence-corrected chi connectivity index (χ0v) is 17.7. The molecule has 0 amide bonds. The Morgan fingerprint density at radius 3 is 2.48 bits per heavy atom. The fraction of sp³-hybridized carbons (Fsp3) is 0.348. The summed E-state index contributed by atoms with van der Waals surface area (Å²) in [5, 5.41) is 14.2. The van der Waals surface area contributed by atoms with Gasteiger partial charge in [-0.2, -0.15) is 0 Å². The quantitative estimate of drug-likeness (QED) is 0.395. The van der Waals surface area contributed by atoms with Crippen molar-refractivity contribution in [3.63, 3.8) is 0 Å². The molecule has 3 heterocycles. The van der Waals surface area contributed by atoms with E-state index in [4.69, 9.17) is 0 Å². The van der Waals surface area contributed by atoms with Crippen LogP contribution in [0.1, 0.15) is 44.7 Å². The smallest absolute Gasteiger partial charge is 0.299 e. The Hall–Kier alpha value is -3.55. The largest absolute Gasteiger partial charge is 0.328 e. The standard InChI is InChI=1S/C23H27N7O/c1-2-3-4-5-8-13-29-14-15-30(23(29)31)17-19-12-11-18(16-24-19)20-9-6-7-10-21(20)22-25-27-28-26-22/h6-7,9-12,14-16H,2-5,8,13,17H2,1H3,(H,25,26,27,28). The number of imidazole rings is 1. The number of tetrazole rings is 1. The van der Waals surface area contributed by atoms with Gasteiger partial charge < -0.3 is 0 Å². The third-order valence-corrected chi connectivity index (χ3v) is 5.42. The highest BCUT2D eigenvalue weighted by atomic mass is 16.1. The number of hydrogen-bond acceptors (Lipinski definition) is 5. The number of nitrogens with zero attached hydrogens (tertiary/aromatic N) is 6. The summed E-state index contributed by atoms with van der Waals surface area (Å²) >= 11 is 0. The van der Waals surface area contributed by atoms with Gasteiger partial charge in [-0.3, -0.25) is 14.1 Å². The zero-order valence-electron chi connectivity index (χ0n) is 17.7. The Kier molecular flexibility index (Phi) is 6.66. The average molecular weight is 418 g/mol. The molecule has 0 aliphatic heterocycles. The van der Waals surface area contributed by atoms with Crippen LogP contribution in [0.2, 0.25) is 0 Å². The lowest BCUT2D eigenvalue weighted by Gasteiger charge is -2.08. The minimum Gasteiger partial charge on any atom is -0.299 e. The fourth-order valence-electron chi connectivity index (χ4n) is 3.70. The highest BCUT2D eigenvalue weighted by Gasteiger charge is 2.11. The summed E-state index contributed by atoms with van der Waals surface area (Å²) in [4.78, 5) is 17.2. The molecule has 0 unspecified atom stereocenters. The van der Waals surface area contributed by atoms with Crippen molar-refractivity contribution in [2.45, 2.75) is 52.1 Å². The van der Waals surface area contributed by atoms with Gasteiger partial charge in [0.2, 0.25) is 0 Å². The van der Waals surface area contributed by atoms with E-state index in [0.717, 1.165) is 35.3 Å². The number of H-pyrrole nitrogens is 1. The Balaban J connectivity index is 1.44. The second-order valence-corrected chi connectivity index (χ2v) is 7.65. The van der Waals surface area contributed by atoms with Gasteiger partial charge in [-0.1, -0.05) is 62.9 Å². The van der Waals surface area contributed by atoms with E-state index in [1.165, 1.54) is 25.7 Å². The number of rotatable bonds is 10. The van der Waals surface area contributed by atoms with Gasteiger partial charge in [-0.05, 0) is 28.5 Å². The molecular formula is C23H27N7O. The monoisotopic (exact) mass is 417 g/mol. The van der Waals surface area contributed by atoms with Crippen LogP contribution in [-0.2, 0) is 13.1 Å². The van der Waals surface area contributed by atoms with Crippen LogP contribution in [0.15, 0.2) is 59.8 Å². The van der Waals surface area contributed by atoms with Crippen molar-refractivity contribution in [1.29, 1.82) is 0 Å². The second kappa shape index (κ2) is 9.97. The molecule has 3 aromatic heterocycles. The number of aromatic nitrogens is 7. The third-order valence-electron chi connectivity index (χ3n) is 5.42. The molecule has 0 spiro atoms. The maximum absolute atomic E-state index is 12.6. The first-order valence-electron chi connectivity index (χ1n) is 10.8. The van der Waals surface area contributed by atoms with Crippen LogP contribution in [0.5, 0.6) is 0 Å². The molecule has 1 N–H and O–H groups in total. The van der Waals surface area contributed by atoms with Crippen LogP contribution >= 0.6 is 0 Å². The fourth-order valence-corrected chi connectivity index (χ4v) is 3.70. The highest BCUT2D eigenvalue weighted by molar-refractivity contribution is 5.79.